The molecule has 7 heteroatoms. The molecule has 0 amide bonds. The zero-order chi connectivity index (χ0) is 24.9. The summed E-state index contributed by atoms with van der Waals surface area (Å²) in [5.41, 5.74) is 4.19. The fourth-order valence-electron chi connectivity index (χ4n) is 5.25. The van der Waals surface area contributed by atoms with E-state index in [9.17, 15) is 9.90 Å². The van der Waals surface area contributed by atoms with Crippen LogP contribution < -0.4 is 14.2 Å². The summed E-state index contributed by atoms with van der Waals surface area (Å²) in [5, 5.41) is 20.7. The Morgan fingerprint density at radius 3 is 2.20 bits per heavy atom. The summed E-state index contributed by atoms with van der Waals surface area (Å²) < 4.78 is 18.4. The van der Waals surface area contributed by atoms with Crippen LogP contribution in [0.4, 0.5) is 0 Å². The SMILES string of the molecule is COc1cc([C@@H](O)[C@H](CC2Cc3ccccc3C2)Cn2ccc(CC(=O)O)c2)cc(OC)c1OC. The molecule has 0 radical (unpaired) electrons. The highest BCUT2D eigenvalue weighted by Crippen LogP contribution is 2.42. The number of aliphatic carboxylic acids is 1. The second-order valence-electron chi connectivity index (χ2n) is 9.23. The first kappa shape index (κ1) is 24.7. The molecule has 1 heterocycles. The number of methoxy groups -OCH3 is 3. The molecule has 1 aromatic heterocycles. The Hall–Kier alpha value is -3.45. The minimum atomic E-state index is -0.861. The maximum Gasteiger partial charge on any atom is 0.307 e. The van der Waals surface area contributed by atoms with Crippen molar-refractivity contribution >= 4 is 5.97 Å². The molecule has 35 heavy (non-hydrogen) atoms. The molecule has 0 unspecified atom stereocenters. The Bertz CT molecular complexity index is 1120. The van der Waals surface area contributed by atoms with Crippen LogP contribution in [-0.2, 0) is 30.6 Å². The van der Waals surface area contributed by atoms with E-state index in [-0.39, 0.29) is 12.3 Å². The Morgan fingerprint density at radius 2 is 1.66 bits per heavy atom. The highest BCUT2D eigenvalue weighted by atomic mass is 16.5. The number of rotatable bonds is 11. The van der Waals surface area contributed by atoms with Crippen LogP contribution in [0.3, 0.4) is 0 Å². The molecule has 2 aromatic carbocycles. The summed E-state index contributed by atoms with van der Waals surface area (Å²) in [7, 11) is 4.67. The first-order valence-electron chi connectivity index (χ1n) is 11.8. The number of benzene rings is 2. The summed E-state index contributed by atoms with van der Waals surface area (Å²) in [5.74, 6) is 0.929. The fraction of sp³-hybridized carbons (Fsp3) is 0.393. The number of hydrogen-bond acceptors (Lipinski definition) is 5. The molecular formula is C28H33NO6. The summed E-state index contributed by atoms with van der Waals surface area (Å²) in [6, 6.07) is 13.9. The van der Waals surface area contributed by atoms with Crippen LogP contribution in [0.15, 0.2) is 54.9 Å². The van der Waals surface area contributed by atoms with Crippen LogP contribution in [-0.4, -0.2) is 42.1 Å². The van der Waals surface area contributed by atoms with Gasteiger partial charge in [-0.2, -0.15) is 0 Å². The molecule has 1 aliphatic carbocycles. The Labute approximate surface area is 205 Å². The van der Waals surface area contributed by atoms with E-state index < -0.39 is 12.1 Å². The number of ether oxygens (including phenoxy) is 3. The molecule has 0 aliphatic heterocycles. The average molecular weight is 480 g/mol. The number of aliphatic hydroxyl groups excluding tert-OH is 1. The van der Waals surface area contributed by atoms with E-state index in [0.717, 1.165) is 24.8 Å². The molecule has 4 rings (SSSR count). The van der Waals surface area contributed by atoms with Gasteiger partial charge in [-0.1, -0.05) is 24.3 Å². The van der Waals surface area contributed by atoms with Gasteiger partial charge in [-0.15, -0.1) is 0 Å². The van der Waals surface area contributed by atoms with E-state index in [1.165, 1.54) is 11.1 Å². The molecule has 0 saturated heterocycles. The Kier molecular flexibility index (Phi) is 7.66. The molecule has 2 atom stereocenters. The molecule has 1 aliphatic rings. The third kappa shape index (κ3) is 5.62. The first-order chi connectivity index (χ1) is 16.9. The molecule has 2 N–H and O–H groups in total. The maximum atomic E-state index is 11.6. The van der Waals surface area contributed by atoms with Gasteiger partial charge in [0.05, 0.1) is 33.9 Å². The minimum absolute atomic E-state index is 0.0228. The van der Waals surface area contributed by atoms with E-state index in [1.807, 2.05) is 23.0 Å². The lowest BCUT2D eigenvalue weighted by Crippen LogP contribution is -2.22. The Balaban J connectivity index is 1.61. The van der Waals surface area contributed by atoms with Crippen molar-refractivity contribution in [2.45, 2.75) is 38.3 Å². The summed E-state index contributed by atoms with van der Waals surface area (Å²) in [4.78, 5) is 11.1. The van der Waals surface area contributed by atoms with Crippen molar-refractivity contribution in [3.05, 3.63) is 77.1 Å². The van der Waals surface area contributed by atoms with Crippen LogP contribution in [0.2, 0.25) is 0 Å². The number of hydrogen-bond donors (Lipinski definition) is 2. The predicted molar refractivity (Wildman–Crippen MR) is 132 cm³/mol. The van der Waals surface area contributed by atoms with E-state index >= 15 is 0 Å². The maximum absolute atomic E-state index is 11.6. The normalized spacial score (nSPS) is 14.9. The van der Waals surface area contributed by atoms with Crippen molar-refractivity contribution in [2.75, 3.05) is 21.3 Å². The van der Waals surface area contributed by atoms with E-state index in [2.05, 4.69) is 24.3 Å². The summed E-state index contributed by atoms with van der Waals surface area (Å²) >= 11 is 0. The molecule has 0 saturated carbocycles. The molecule has 3 aromatic rings. The molecule has 186 valence electrons. The lowest BCUT2D eigenvalue weighted by Gasteiger charge is -2.27. The number of aromatic nitrogens is 1. The fourth-order valence-corrected chi connectivity index (χ4v) is 5.25. The summed E-state index contributed by atoms with van der Waals surface area (Å²) in [6.45, 7) is 0.560. The van der Waals surface area contributed by atoms with Crippen molar-refractivity contribution in [3.8, 4) is 17.2 Å². The first-order valence-corrected chi connectivity index (χ1v) is 11.8. The summed E-state index contributed by atoms with van der Waals surface area (Å²) in [6.07, 6.45) is 5.74. The second kappa shape index (κ2) is 10.9. The van der Waals surface area contributed by atoms with Crippen molar-refractivity contribution < 1.29 is 29.2 Å². The topological polar surface area (TPSA) is 90.2 Å². The standard InChI is InChI=1S/C28H33NO6/c1-33-24-14-22(15-25(34-2)28(24)35-3)27(32)23(17-29-9-8-18(16-29)13-26(30)31)12-19-10-20-6-4-5-7-21(20)11-19/h4-9,14-16,19,23,27,32H,10-13,17H2,1-3H3,(H,30,31)/t23-,27-/m1/s1. The minimum Gasteiger partial charge on any atom is -0.493 e. The molecule has 0 bridgehead atoms. The van der Waals surface area contributed by atoms with Crippen LogP contribution in [0, 0.1) is 11.8 Å². The van der Waals surface area contributed by atoms with Crippen LogP contribution in [0.25, 0.3) is 0 Å². The van der Waals surface area contributed by atoms with Crippen molar-refractivity contribution in [3.63, 3.8) is 0 Å². The zero-order valence-electron chi connectivity index (χ0n) is 20.4. The second-order valence-corrected chi connectivity index (χ2v) is 9.23. The monoisotopic (exact) mass is 479 g/mol. The van der Waals surface area contributed by atoms with Crippen molar-refractivity contribution in [2.24, 2.45) is 11.8 Å². The molecule has 7 nitrogen and oxygen atoms in total. The number of carboxylic acids is 1. The third-order valence-electron chi connectivity index (χ3n) is 6.86. The van der Waals surface area contributed by atoms with E-state index in [1.54, 1.807) is 33.5 Å². The van der Waals surface area contributed by atoms with Crippen molar-refractivity contribution in [1.82, 2.24) is 4.57 Å². The van der Waals surface area contributed by atoms with Crippen molar-refractivity contribution in [1.29, 1.82) is 0 Å². The number of carbonyl (C=O) groups is 1. The lowest BCUT2D eigenvalue weighted by atomic mass is 9.85. The number of nitrogens with zero attached hydrogens (tertiary/aromatic N) is 1. The third-order valence-corrected chi connectivity index (χ3v) is 6.86. The molecule has 0 fully saturated rings. The quantitative estimate of drug-likeness (QED) is 0.426. The predicted octanol–water partition coefficient (Wildman–Crippen LogP) is 4.30. The van der Waals surface area contributed by atoms with Crippen LogP contribution in [0.1, 0.15) is 34.8 Å². The van der Waals surface area contributed by atoms with E-state index in [0.29, 0.717) is 35.3 Å². The van der Waals surface area contributed by atoms with Gasteiger partial charge in [0.15, 0.2) is 11.5 Å². The lowest BCUT2D eigenvalue weighted by molar-refractivity contribution is -0.136. The van der Waals surface area contributed by atoms with Crippen LogP contribution in [0.5, 0.6) is 17.2 Å². The van der Waals surface area contributed by atoms with Gasteiger partial charge in [-0.25, -0.2) is 0 Å². The van der Waals surface area contributed by atoms with Gasteiger partial charge in [0.25, 0.3) is 0 Å². The number of carboxylic acid groups (broad SMARTS) is 1. The van der Waals surface area contributed by atoms with E-state index in [4.69, 9.17) is 19.3 Å². The zero-order valence-corrected chi connectivity index (χ0v) is 20.4. The largest absolute Gasteiger partial charge is 0.493 e. The van der Waals surface area contributed by atoms with Gasteiger partial charge in [-0.05, 0) is 65.6 Å². The molecule has 0 spiro atoms. The highest BCUT2D eigenvalue weighted by molar-refractivity contribution is 5.70. The highest BCUT2D eigenvalue weighted by Gasteiger charge is 2.30. The van der Waals surface area contributed by atoms with Gasteiger partial charge < -0.3 is 29.0 Å². The number of aliphatic hydroxyl groups is 1. The van der Waals surface area contributed by atoms with Gasteiger partial charge in [0.1, 0.15) is 0 Å². The molecular weight excluding hydrogens is 446 g/mol. The van der Waals surface area contributed by atoms with Gasteiger partial charge >= 0.3 is 5.97 Å². The van der Waals surface area contributed by atoms with Crippen LogP contribution >= 0.6 is 0 Å². The number of fused-ring (bicyclic) bond motifs is 1. The van der Waals surface area contributed by atoms with Gasteiger partial charge in [-0.3, -0.25) is 4.79 Å². The smallest absolute Gasteiger partial charge is 0.307 e. The Morgan fingerprint density at radius 1 is 1.03 bits per heavy atom. The van der Waals surface area contributed by atoms with Gasteiger partial charge in [0, 0.05) is 24.9 Å². The van der Waals surface area contributed by atoms with Gasteiger partial charge in [0.2, 0.25) is 5.75 Å². The average Bonchev–Trinajstić information content (AvgIpc) is 3.47.